The zero-order valence-corrected chi connectivity index (χ0v) is 10.00. The first-order chi connectivity index (χ1) is 6.72. The molecule has 0 spiro atoms. The molecule has 0 saturated carbocycles. The second-order valence-electron chi connectivity index (χ2n) is 4.80. The SMILES string of the molecule is CCC(C)/C=C/CN1CCC(C)CC1. The van der Waals surface area contributed by atoms with Crippen molar-refractivity contribution in [2.24, 2.45) is 11.8 Å². The van der Waals surface area contributed by atoms with E-state index < -0.39 is 0 Å². The largest absolute Gasteiger partial charge is 0.300 e. The fourth-order valence-electron chi connectivity index (χ4n) is 1.82. The monoisotopic (exact) mass is 195 g/mol. The highest BCUT2D eigenvalue weighted by molar-refractivity contribution is 4.89. The van der Waals surface area contributed by atoms with Crippen molar-refractivity contribution >= 4 is 0 Å². The van der Waals surface area contributed by atoms with Gasteiger partial charge in [-0.05, 0) is 37.8 Å². The van der Waals surface area contributed by atoms with Crippen molar-refractivity contribution in [3.8, 4) is 0 Å². The van der Waals surface area contributed by atoms with Gasteiger partial charge >= 0.3 is 0 Å². The van der Waals surface area contributed by atoms with Gasteiger partial charge in [0.05, 0.1) is 0 Å². The Bertz CT molecular complexity index is 166. The maximum atomic E-state index is 2.57. The lowest BCUT2D eigenvalue weighted by Crippen LogP contribution is -2.32. The van der Waals surface area contributed by atoms with Gasteiger partial charge in [-0.3, -0.25) is 4.90 Å². The van der Waals surface area contributed by atoms with Crippen molar-refractivity contribution in [3.05, 3.63) is 12.2 Å². The number of hydrogen-bond donors (Lipinski definition) is 0. The predicted octanol–water partition coefficient (Wildman–Crippen LogP) is 3.32. The molecule has 0 aliphatic carbocycles. The van der Waals surface area contributed by atoms with Gasteiger partial charge in [-0.15, -0.1) is 0 Å². The molecular formula is C13H25N. The minimum atomic E-state index is 0.749. The Morgan fingerprint density at radius 2 is 2.00 bits per heavy atom. The van der Waals surface area contributed by atoms with E-state index in [9.17, 15) is 0 Å². The molecule has 0 N–H and O–H groups in total. The molecule has 82 valence electrons. The Labute approximate surface area is 89.2 Å². The third-order valence-corrected chi connectivity index (χ3v) is 3.35. The van der Waals surface area contributed by atoms with Crippen LogP contribution in [0.4, 0.5) is 0 Å². The number of rotatable bonds is 4. The fraction of sp³-hybridized carbons (Fsp3) is 0.846. The Balaban J connectivity index is 2.15. The molecule has 0 radical (unpaired) electrons. The lowest BCUT2D eigenvalue weighted by molar-refractivity contribution is 0.210. The van der Waals surface area contributed by atoms with E-state index >= 15 is 0 Å². The van der Waals surface area contributed by atoms with E-state index in [0.717, 1.165) is 18.4 Å². The van der Waals surface area contributed by atoms with E-state index in [-0.39, 0.29) is 0 Å². The van der Waals surface area contributed by atoms with Crippen molar-refractivity contribution < 1.29 is 0 Å². The zero-order valence-electron chi connectivity index (χ0n) is 10.00. The molecule has 1 nitrogen and oxygen atoms in total. The van der Waals surface area contributed by atoms with Crippen molar-refractivity contribution in [2.75, 3.05) is 19.6 Å². The molecule has 1 aliphatic heterocycles. The topological polar surface area (TPSA) is 3.24 Å². The van der Waals surface area contributed by atoms with E-state index in [1.54, 1.807) is 0 Å². The highest BCUT2D eigenvalue weighted by Gasteiger charge is 2.13. The molecule has 1 rings (SSSR count). The number of allylic oxidation sites excluding steroid dienone is 1. The first-order valence-electron chi connectivity index (χ1n) is 6.11. The summed E-state index contributed by atoms with van der Waals surface area (Å²) in [5.74, 6) is 1.70. The number of hydrogen-bond acceptors (Lipinski definition) is 1. The van der Waals surface area contributed by atoms with E-state index in [0.29, 0.717) is 0 Å². The van der Waals surface area contributed by atoms with Crippen molar-refractivity contribution in [1.29, 1.82) is 0 Å². The number of piperidine rings is 1. The van der Waals surface area contributed by atoms with Gasteiger partial charge in [-0.2, -0.15) is 0 Å². The predicted molar refractivity (Wildman–Crippen MR) is 63.4 cm³/mol. The first kappa shape index (κ1) is 11.8. The minimum absolute atomic E-state index is 0.749. The van der Waals surface area contributed by atoms with Crippen molar-refractivity contribution in [3.63, 3.8) is 0 Å². The Kier molecular flexibility index (Phi) is 5.24. The first-order valence-corrected chi connectivity index (χ1v) is 6.11. The van der Waals surface area contributed by atoms with Crippen LogP contribution in [0.2, 0.25) is 0 Å². The van der Waals surface area contributed by atoms with E-state index in [4.69, 9.17) is 0 Å². The van der Waals surface area contributed by atoms with E-state index in [1.165, 1.54) is 32.4 Å². The van der Waals surface area contributed by atoms with Crippen LogP contribution in [-0.2, 0) is 0 Å². The molecule has 0 amide bonds. The molecule has 1 heteroatoms. The van der Waals surface area contributed by atoms with Crippen LogP contribution in [0.15, 0.2) is 12.2 Å². The smallest absolute Gasteiger partial charge is 0.0163 e. The molecule has 1 fully saturated rings. The number of likely N-dealkylation sites (tertiary alicyclic amines) is 1. The summed E-state index contributed by atoms with van der Waals surface area (Å²) < 4.78 is 0. The molecule has 1 atom stereocenters. The van der Waals surface area contributed by atoms with Crippen LogP contribution in [0.1, 0.15) is 40.0 Å². The van der Waals surface area contributed by atoms with Gasteiger partial charge in [-0.1, -0.05) is 39.3 Å². The molecule has 1 aliphatic rings. The van der Waals surface area contributed by atoms with Gasteiger partial charge in [0.25, 0.3) is 0 Å². The average Bonchev–Trinajstić information content (AvgIpc) is 2.21. The quantitative estimate of drug-likeness (QED) is 0.622. The molecule has 1 unspecified atom stereocenters. The third kappa shape index (κ3) is 4.28. The van der Waals surface area contributed by atoms with Gasteiger partial charge in [0.1, 0.15) is 0 Å². The Morgan fingerprint density at radius 1 is 1.36 bits per heavy atom. The third-order valence-electron chi connectivity index (χ3n) is 3.35. The minimum Gasteiger partial charge on any atom is -0.300 e. The maximum absolute atomic E-state index is 2.57. The highest BCUT2D eigenvalue weighted by Crippen LogP contribution is 2.15. The fourth-order valence-corrected chi connectivity index (χ4v) is 1.82. The molecular weight excluding hydrogens is 170 g/mol. The number of nitrogens with zero attached hydrogens (tertiary/aromatic N) is 1. The second-order valence-corrected chi connectivity index (χ2v) is 4.80. The van der Waals surface area contributed by atoms with Crippen molar-refractivity contribution in [1.82, 2.24) is 4.90 Å². The summed E-state index contributed by atoms with van der Waals surface area (Å²) in [5.41, 5.74) is 0. The van der Waals surface area contributed by atoms with Gasteiger partial charge < -0.3 is 0 Å². The van der Waals surface area contributed by atoms with Crippen molar-refractivity contribution in [2.45, 2.75) is 40.0 Å². The maximum Gasteiger partial charge on any atom is 0.0163 e. The summed E-state index contributed by atoms with van der Waals surface area (Å²) in [7, 11) is 0. The molecule has 0 bridgehead atoms. The molecule has 1 saturated heterocycles. The summed E-state index contributed by atoms with van der Waals surface area (Å²) in [6.45, 7) is 10.7. The van der Waals surface area contributed by atoms with E-state index in [1.807, 2.05) is 0 Å². The second kappa shape index (κ2) is 6.23. The van der Waals surface area contributed by atoms with Crippen LogP contribution in [-0.4, -0.2) is 24.5 Å². The highest BCUT2D eigenvalue weighted by atomic mass is 15.1. The summed E-state index contributed by atoms with van der Waals surface area (Å²) in [6, 6.07) is 0. The molecule has 14 heavy (non-hydrogen) atoms. The summed E-state index contributed by atoms with van der Waals surface area (Å²) in [5, 5.41) is 0. The summed E-state index contributed by atoms with van der Waals surface area (Å²) in [6.07, 6.45) is 8.74. The van der Waals surface area contributed by atoms with Crippen LogP contribution in [0.3, 0.4) is 0 Å². The molecule has 0 aromatic carbocycles. The van der Waals surface area contributed by atoms with Crippen LogP contribution in [0.25, 0.3) is 0 Å². The van der Waals surface area contributed by atoms with Crippen LogP contribution in [0.5, 0.6) is 0 Å². The molecule has 0 aromatic rings. The van der Waals surface area contributed by atoms with Crippen LogP contribution < -0.4 is 0 Å². The molecule has 0 aromatic heterocycles. The van der Waals surface area contributed by atoms with Gasteiger partial charge in [0.15, 0.2) is 0 Å². The van der Waals surface area contributed by atoms with Gasteiger partial charge in [-0.25, -0.2) is 0 Å². The van der Waals surface area contributed by atoms with Gasteiger partial charge in [0, 0.05) is 6.54 Å². The van der Waals surface area contributed by atoms with E-state index in [2.05, 4.69) is 37.8 Å². The Morgan fingerprint density at radius 3 is 2.57 bits per heavy atom. The summed E-state index contributed by atoms with van der Waals surface area (Å²) in [4.78, 5) is 2.57. The lowest BCUT2D eigenvalue weighted by Gasteiger charge is -2.29. The normalized spacial score (nSPS) is 23.1. The molecule has 1 heterocycles. The van der Waals surface area contributed by atoms with Crippen LogP contribution >= 0.6 is 0 Å². The zero-order chi connectivity index (χ0) is 10.4. The van der Waals surface area contributed by atoms with Gasteiger partial charge in [0.2, 0.25) is 0 Å². The standard InChI is InChI=1S/C13H25N/c1-4-12(2)6-5-9-14-10-7-13(3)8-11-14/h5-6,12-13H,4,7-11H2,1-3H3/b6-5+. The summed E-state index contributed by atoms with van der Waals surface area (Å²) >= 11 is 0. The Hall–Kier alpha value is -0.300. The average molecular weight is 195 g/mol. The lowest BCUT2D eigenvalue weighted by atomic mass is 9.99. The van der Waals surface area contributed by atoms with Crippen LogP contribution in [0, 0.1) is 11.8 Å².